The van der Waals surface area contributed by atoms with Crippen molar-refractivity contribution < 1.29 is 27.2 Å². The Morgan fingerprint density at radius 3 is 2.53 bits per heavy atom. The molecular weight excluding hydrogens is 248 g/mol. The summed E-state index contributed by atoms with van der Waals surface area (Å²) in [6.45, 7) is -0.214. The van der Waals surface area contributed by atoms with E-state index in [1.165, 1.54) is 0 Å². The van der Waals surface area contributed by atoms with Gasteiger partial charge in [0.2, 0.25) is 5.75 Å². The zero-order valence-corrected chi connectivity index (χ0v) is 8.42. The lowest BCUT2D eigenvalue weighted by Gasteiger charge is -2.12. The van der Waals surface area contributed by atoms with Gasteiger partial charge in [-0.25, -0.2) is 4.39 Å². The van der Waals surface area contributed by atoms with Gasteiger partial charge in [0, 0.05) is 11.8 Å². The molecule has 1 aromatic heterocycles. The van der Waals surface area contributed by atoms with Crippen LogP contribution in [0.1, 0.15) is 11.3 Å². The first-order valence-electron chi connectivity index (χ1n) is 4.21. The maximum atomic E-state index is 12.4. The Balaban J connectivity index is 3.39. The minimum atomic E-state index is -5.09. The Kier molecular flexibility index (Phi) is 3.49. The Morgan fingerprint density at radius 1 is 1.53 bits per heavy atom. The Morgan fingerprint density at radius 2 is 2.12 bits per heavy atom. The summed E-state index contributed by atoms with van der Waals surface area (Å²) >= 11 is 0. The molecule has 0 bridgehead atoms. The summed E-state index contributed by atoms with van der Waals surface area (Å²) in [6, 6.07) is 0. The van der Waals surface area contributed by atoms with E-state index in [9.17, 15) is 27.7 Å². The van der Waals surface area contributed by atoms with Gasteiger partial charge in [0.25, 0.3) is 0 Å². The summed E-state index contributed by atoms with van der Waals surface area (Å²) in [4.78, 5) is 12.8. The van der Waals surface area contributed by atoms with Crippen LogP contribution < -0.4 is 4.74 Å². The molecule has 9 heteroatoms. The third kappa shape index (κ3) is 3.02. The van der Waals surface area contributed by atoms with E-state index in [1.807, 2.05) is 0 Å². The van der Waals surface area contributed by atoms with E-state index in [2.05, 4.69) is 9.72 Å². The quantitative estimate of drug-likeness (QED) is 0.472. The Labute approximate surface area is 92.2 Å². The van der Waals surface area contributed by atoms with Crippen LogP contribution in [-0.4, -0.2) is 16.3 Å². The van der Waals surface area contributed by atoms with Crippen molar-refractivity contribution in [3.05, 3.63) is 27.6 Å². The largest absolute Gasteiger partial charge is 0.573 e. The van der Waals surface area contributed by atoms with Crippen molar-refractivity contribution >= 4 is 5.69 Å². The van der Waals surface area contributed by atoms with E-state index in [1.54, 1.807) is 0 Å². The highest BCUT2D eigenvalue weighted by atomic mass is 19.4. The molecule has 1 aromatic rings. The molecule has 0 unspecified atom stereocenters. The minimum absolute atomic E-state index is 0.203. The number of aryl methyl sites for hydroxylation is 1. The molecule has 0 amide bonds. The predicted octanol–water partition coefficient (Wildman–Crippen LogP) is 2.67. The normalized spacial score (nSPS) is 11.4. The highest BCUT2D eigenvalue weighted by Gasteiger charge is 2.37. The maximum absolute atomic E-state index is 12.4. The van der Waals surface area contributed by atoms with Crippen molar-refractivity contribution in [2.45, 2.75) is 20.0 Å². The molecular formula is C8H6F4N2O3. The molecule has 0 N–H and O–H groups in total. The van der Waals surface area contributed by atoms with Gasteiger partial charge in [-0.15, -0.1) is 13.2 Å². The molecule has 1 rings (SSSR count). The van der Waals surface area contributed by atoms with Gasteiger partial charge in [-0.05, 0) is 6.92 Å². The third-order valence-electron chi connectivity index (χ3n) is 1.79. The van der Waals surface area contributed by atoms with Crippen molar-refractivity contribution in [1.82, 2.24) is 4.98 Å². The third-order valence-corrected chi connectivity index (χ3v) is 1.79. The second-order valence-electron chi connectivity index (χ2n) is 3.00. The van der Waals surface area contributed by atoms with Crippen LogP contribution in [0.15, 0.2) is 6.20 Å². The van der Waals surface area contributed by atoms with E-state index in [0.29, 0.717) is 0 Å². The fraction of sp³-hybridized carbons (Fsp3) is 0.375. The molecule has 94 valence electrons. The number of nitro groups is 1. The van der Waals surface area contributed by atoms with Crippen molar-refractivity contribution in [2.75, 3.05) is 0 Å². The van der Waals surface area contributed by atoms with Crippen LogP contribution in [0.5, 0.6) is 5.75 Å². The van der Waals surface area contributed by atoms with Crippen LogP contribution in [0.3, 0.4) is 0 Å². The second-order valence-corrected chi connectivity index (χ2v) is 3.00. The van der Waals surface area contributed by atoms with Crippen molar-refractivity contribution in [1.29, 1.82) is 0 Å². The summed E-state index contributed by atoms with van der Waals surface area (Å²) in [5, 5.41) is 10.6. The van der Waals surface area contributed by atoms with Gasteiger partial charge in [-0.3, -0.25) is 15.1 Å². The number of nitrogens with zero attached hydrogens (tertiary/aromatic N) is 2. The number of pyridine rings is 1. The van der Waals surface area contributed by atoms with Crippen molar-refractivity contribution in [3.8, 4) is 5.75 Å². The topological polar surface area (TPSA) is 65.3 Å². The standard InChI is InChI=1S/C8H6F4N2O3/c1-4-3-13-5(2-9)6(14(15)16)7(4)17-8(10,11)12/h3H,2H2,1H3. The first-order valence-corrected chi connectivity index (χ1v) is 4.21. The van der Waals surface area contributed by atoms with Crippen LogP contribution in [-0.2, 0) is 6.67 Å². The highest BCUT2D eigenvalue weighted by Crippen LogP contribution is 2.36. The lowest BCUT2D eigenvalue weighted by molar-refractivity contribution is -0.390. The van der Waals surface area contributed by atoms with E-state index < -0.39 is 35.1 Å². The average Bonchev–Trinajstić information content (AvgIpc) is 2.18. The van der Waals surface area contributed by atoms with Gasteiger partial charge in [-0.2, -0.15) is 0 Å². The fourth-order valence-corrected chi connectivity index (χ4v) is 1.14. The van der Waals surface area contributed by atoms with Gasteiger partial charge < -0.3 is 4.74 Å². The molecule has 0 spiro atoms. The molecule has 0 atom stereocenters. The number of aromatic nitrogens is 1. The van der Waals surface area contributed by atoms with Gasteiger partial charge in [0.1, 0.15) is 6.67 Å². The van der Waals surface area contributed by atoms with Crippen LogP contribution in [0.2, 0.25) is 0 Å². The van der Waals surface area contributed by atoms with Gasteiger partial charge in [0.15, 0.2) is 5.69 Å². The maximum Gasteiger partial charge on any atom is 0.573 e. The monoisotopic (exact) mass is 254 g/mol. The molecule has 1 heterocycles. The summed E-state index contributed by atoms with van der Waals surface area (Å²) in [7, 11) is 0. The molecule has 17 heavy (non-hydrogen) atoms. The van der Waals surface area contributed by atoms with Crippen molar-refractivity contribution in [2.24, 2.45) is 0 Å². The first kappa shape index (κ1) is 13.1. The predicted molar refractivity (Wildman–Crippen MR) is 47.1 cm³/mol. The summed E-state index contributed by atoms with van der Waals surface area (Å²) in [6.07, 6.45) is -4.21. The number of hydrogen-bond acceptors (Lipinski definition) is 4. The summed E-state index contributed by atoms with van der Waals surface area (Å²) in [5.74, 6) is -1.04. The Hall–Kier alpha value is -1.93. The Bertz CT molecular complexity index is 447. The van der Waals surface area contributed by atoms with E-state index in [-0.39, 0.29) is 5.56 Å². The molecule has 5 nitrogen and oxygen atoms in total. The van der Waals surface area contributed by atoms with E-state index in [4.69, 9.17) is 0 Å². The lowest BCUT2D eigenvalue weighted by atomic mass is 10.2. The second kappa shape index (κ2) is 4.52. The van der Waals surface area contributed by atoms with Gasteiger partial charge in [0.05, 0.1) is 4.92 Å². The summed E-state index contributed by atoms with van der Waals surface area (Å²) in [5.41, 5.74) is -2.02. The van der Waals surface area contributed by atoms with Gasteiger partial charge in [-0.1, -0.05) is 0 Å². The van der Waals surface area contributed by atoms with Gasteiger partial charge >= 0.3 is 12.0 Å². The number of rotatable bonds is 3. The van der Waals surface area contributed by atoms with Crippen LogP contribution in [0.25, 0.3) is 0 Å². The SMILES string of the molecule is Cc1cnc(CF)c([N+](=O)[O-])c1OC(F)(F)F. The number of halogens is 4. The first-order chi connectivity index (χ1) is 7.76. The lowest BCUT2D eigenvalue weighted by Crippen LogP contribution is -2.19. The van der Waals surface area contributed by atoms with Crippen LogP contribution in [0.4, 0.5) is 23.2 Å². The molecule has 0 aromatic carbocycles. The molecule has 0 saturated heterocycles. The summed E-state index contributed by atoms with van der Waals surface area (Å²) < 4.78 is 52.0. The number of alkyl halides is 4. The zero-order chi connectivity index (χ0) is 13.2. The molecule has 0 aliphatic heterocycles. The average molecular weight is 254 g/mol. The fourth-order valence-electron chi connectivity index (χ4n) is 1.14. The molecule has 0 fully saturated rings. The zero-order valence-electron chi connectivity index (χ0n) is 8.42. The number of hydrogen-bond donors (Lipinski definition) is 0. The smallest absolute Gasteiger partial charge is 0.398 e. The van der Waals surface area contributed by atoms with Crippen LogP contribution in [0, 0.1) is 17.0 Å². The van der Waals surface area contributed by atoms with Crippen LogP contribution >= 0.6 is 0 Å². The highest BCUT2D eigenvalue weighted by molar-refractivity contribution is 5.53. The van der Waals surface area contributed by atoms with E-state index in [0.717, 1.165) is 13.1 Å². The van der Waals surface area contributed by atoms with Crippen molar-refractivity contribution in [3.63, 3.8) is 0 Å². The molecule has 0 aliphatic carbocycles. The molecule has 0 aliphatic rings. The van der Waals surface area contributed by atoms with E-state index >= 15 is 0 Å². The molecule has 0 saturated carbocycles. The molecule has 0 radical (unpaired) electrons. The number of ether oxygens (including phenoxy) is 1. The minimum Gasteiger partial charge on any atom is -0.398 e.